The average Bonchev–Trinajstić information content (AvgIpc) is 2.43. The summed E-state index contributed by atoms with van der Waals surface area (Å²) in [4.78, 5) is 33.5. The van der Waals surface area contributed by atoms with Gasteiger partial charge in [0, 0.05) is 19.2 Å². The molecule has 0 atom stereocenters. The first-order chi connectivity index (χ1) is 7.43. The number of nitro groups is 1. The van der Waals surface area contributed by atoms with E-state index in [0.29, 0.717) is 0 Å². The highest BCUT2D eigenvalue weighted by atomic mass is 16.6. The van der Waals surface area contributed by atoms with Crippen molar-refractivity contribution in [1.82, 2.24) is 4.90 Å². The fourth-order valence-electron chi connectivity index (χ4n) is 1.53. The minimum atomic E-state index is -0.814. The third kappa shape index (κ3) is 1.14. The van der Waals surface area contributed by atoms with Gasteiger partial charge in [0.15, 0.2) is 5.75 Å². The zero-order valence-corrected chi connectivity index (χ0v) is 8.13. The topological polar surface area (TPSA) is 101 Å². The maximum Gasteiger partial charge on any atom is 0.311 e. The Hall–Kier alpha value is -2.44. The van der Waals surface area contributed by atoms with Crippen molar-refractivity contribution in [2.75, 3.05) is 7.05 Å². The molecule has 0 radical (unpaired) electrons. The number of phenols is 1. The van der Waals surface area contributed by atoms with Crippen molar-refractivity contribution in [2.24, 2.45) is 0 Å². The van der Waals surface area contributed by atoms with E-state index in [2.05, 4.69) is 0 Å². The maximum absolute atomic E-state index is 11.5. The van der Waals surface area contributed by atoms with E-state index < -0.39 is 28.2 Å². The van der Waals surface area contributed by atoms with Crippen LogP contribution < -0.4 is 0 Å². The van der Waals surface area contributed by atoms with Crippen LogP contribution in [0, 0.1) is 10.1 Å². The zero-order valence-electron chi connectivity index (χ0n) is 8.13. The van der Waals surface area contributed by atoms with Crippen LogP contribution in [0.25, 0.3) is 0 Å². The summed E-state index contributed by atoms with van der Waals surface area (Å²) >= 11 is 0. The van der Waals surface area contributed by atoms with Crippen molar-refractivity contribution in [1.29, 1.82) is 0 Å². The van der Waals surface area contributed by atoms with Crippen LogP contribution in [0.3, 0.4) is 0 Å². The number of carbonyl (C=O) groups excluding carboxylic acids is 2. The number of nitro benzene ring substituents is 1. The van der Waals surface area contributed by atoms with Gasteiger partial charge in [0.25, 0.3) is 11.8 Å². The Kier molecular flexibility index (Phi) is 1.91. The van der Waals surface area contributed by atoms with Gasteiger partial charge in [-0.15, -0.1) is 0 Å². The van der Waals surface area contributed by atoms with Gasteiger partial charge < -0.3 is 5.11 Å². The lowest BCUT2D eigenvalue weighted by atomic mass is 10.1. The van der Waals surface area contributed by atoms with Crippen LogP contribution in [-0.2, 0) is 0 Å². The lowest BCUT2D eigenvalue weighted by molar-refractivity contribution is -0.385. The SMILES string of the molecule is CN1C(=O)c2cc(O)c([N+](=O)[O-])cc2C1=O. The molecule has 1 N–H and O–H groups in total. The quantitative estimate of drug-likeness (QED) is 0.424. The van der Waals surface area contributed by atoms with Gasteiger partial charge in [-0.3, -0.25) is 24.6 Å². The molecule has 0 fully saturated rings. The Labute approximate surface area is 89.1 Å². The van der Waals surface area contributed by atoms with Crippen LogP contribution in [0.4, 0.5) is 5.69 Å². The number of benzene rings is 1. The maximum atomic E-state index is 11.5. The molecule has 0 unspecified atom stereocenters. The number of nitrogens with zero attached hydrogens (tertiary/aromatic N) is 2. The zero-order chi connectivity index (χ0) is 12.0. The van der Waals surface area contributed by atoms with Crippen LogP contribution in [-0.4, -0.2) is 33.8 Å². The molecule has 1 aliphatic rings. The Morgan fingerprint density at radius 2 is 1.75 bits per heavy atom. The first-order valence-electron chi connectivity index (χ1n) is 4.27. The van der Waals surface area contributed by atoms with E-state index in [1.807, 2.05) is 0 Å². The van der Waals surface area contributed by atoms with E-state index in [1.165, 1.54) is 7.05 Å². The molecule has 7 nitrogen and oxygen atoms in total. The van der Waals surface area contributed by atoms with Gasteiger partial charge in [0.1, 0.15) is 0 Å². The second-order valence-electron chi connectivity index (χ2n) is 3.31. The summed E-state index contributed by atoms with van der Waals surface area (Å²) in [6.45, 7) is 0. The number of phenolic OH excluding ortho intramolecular Hbond substituents is 1. The minimum absolute atomic E-state index is 0.0180. The number of rotatable bonds is 1. The van der Waals surface area contributed by atoms with Crippen molar-refractivity contribution in [3.8, 4) is 5.75 Å². The molecule has 1 aromatic rings. The molecule has 0 aromatic heterocycles. The molecular weight excluding hydrogens is 216 g/mol. The molecule has 0 aliphatic carbocycles. The predicted octanol–water partition coefficient (Wildman–Crippen LogP) is 0.526. The molecule has 1 aromatic carbocycles. The Bertz CT molecular complexity index is 537. The summed E-state index contributed by atoms with van der Waals surface area (Å²) in [5.41, 5.74) is -0.664. The number of hydrogen-bond donors (Lipinski definition) is 1. The lowest BCUT2D eigenvalue weighted by Crippen LogP contribution is -2.24. The monoisotopic (exact) mass is 222 g/mol. The molecule has 1 aliphatic heterocycles. The third-order valence-corrected chi connectivity index (χ3v) is 2.38. The molecule has 82 valence electrons. The molecule has 0 spiro atoms. The van der Waals surface area contributed by atoms with Gasteiger partial charge in [-0.25, -0.2) is 0 Å². The Morgan fingerprint density at radius 3 is 2.25 bits per heavy atom. The molecule has 1 heterocycles. The largest absolute Gasteiger partial charge is 0.502 e. The van der Waals surface area contributed by atoms with Gasteiger partial charge in [-0.2, -0.15) is 0 Å². The first-order valence-corrected chi connectivity index (χ1v) is 4.27. The van der Waals surface area contributed by atoms with Crippen molar-refractivity contribution in [2.45, 2.75) is 0 Å². The molecule has 2 amide bonds. The highest BCUT2D eigenvalue weighted by Gasteiger charge is 2.35. The van der Waals surface area contributed by atoms with Gasteiger partial charge in [-0.1, -0.05) is 0 Å². The van der Waals surface area contributed by atoms with E-state index in [9.17, 15) is 24.8 Å². The van der Waals surface area contributed by atoms with Crippen LogP contribution in [0.5, 0.6) is 5.75 Å². The van der Waals surface area contributed by atoms with Crippen molar-refractivity contribution in [3.63, 3.8) is 0 Å². The fourth-order valence-corrected chi connectivity index (χ4v) is 1.53. The minimum Gasteiger partial charge on any atom is -0.502 e. The highest BCUT2D eigenvalue weighted by Crippen LogP contribution is 2.33. The van der Waals surface area contributed by atoms with E-state index in [0.717, 1.165) is 17.0 Å². The average molecular weight is 222 g/mol. The number of imide groups is 1. The molecule has 7 heteroatoms. The summed E-state index contributed by atoms with van der Waals surface area (Å²) in [6.07, 6.45) is 0. The number of carbonyl (C=O) groups is 2. The van der Waals surface area contributed by atoms with Crippen molar-refractivity contribution < 1.29 is 19.6 Å². The van der Waals surface area contributed by atoms with Gasteiger partial charge in [-0.05, 0) is 0 Å². The number of fused-ring (bicyclic) bond motifs is 1. The summed E-state index contributed by atoms with van der Waals surface area (Å²) in [6, 6.07) is 1.85. The number of amides is 2. The molecule has 0 saturated carbocycles. The van der Waals surface area contributed by atoms with E-state index in [1.54, 1.807) is 0 Å². The Balaban J connectivity index is 2.70. The van der Waals surface area contributed by atoms with Gasteiger partial charge >= 0.3 is 5.69 Å². The van der Waals surface area contributed by atoms with E-state index in [-0.39, 0.29) is 11.1 Å². The standard InChI is InChI=1S/C9H6N2O5/c1-10-8(13)4-2-6(11(15)16)7(12)3-5(4)9(10)14/h2-3,12H,1H3. The van der Waals surface area contributed by atoms with Gasteiger partial charge in [0.05, 0.1) is 16.1 Å². The summed E-state index contributed by atoms with van der Waals surface area (Å²) < 4.78 is 0. The number of aromatic hydroxyl groups is 1. The van der Waals surface area contributed by atoms with Crippen molar-refractivity contribution in [3.05, 3.63) is 33.4 Å². The van der Waals surface area contributed by atoms with Crippen LogP contribution >= 0.6 is 0 Å². The second kappa shape index (κ2) is 3.02. The van der Waals surface area contributed by atoms with Crippen LogP contribution in [0.15, 0.2) is 12.1 Å². The van der Waals surface area contributed by atoms with Crippen LogP contribution in [0.1, 0.15) is 20.7 Å². The lowest BCUT2D eigenvalue weighted by Gasteiger charge is -2.02. The van der Waals surface area contributed by atoms with Gasteiger partial charge in [0.2, 0.25) is 0 Å². The fraction of sp³-hybridized carbons (Fsp3) is 0.111. The molecule has 0 bridgehead atoms. The molecule has 0 saturated heterocycles. The predicted molar refractivity (Wildman–Crippen MR) is 51.2 cm³/mol. The smallest absolute Gasteiger partial charge is 0.311 e. The molecule has 2 rings (SSSR count). The normalized spacial score (nSPS) is 14.2. The highest BCUT2D eigenvalue weighted by molar-refractivity contribution is 6.21. The summed E-state index contributed by atoms with van der Waals surface area (Å²) in [5, 5.41) is 19.8. The van der Waals surface area contributed by atoms with Crippen molar-refractivity contribution >= 4 is 17.5 Å². The molecule has 16 heavy (non-hydrogen) atoms. The Morgan fingerprint density at radius 1 is 1.25 bits per heavy atom. The van der Waals surface area contributed by atoms with Crippen LogP contribution in [0.2, 0.25) is 0 Å². The summed E-state index contributed by atoms with van der Waals surface area (Å²) in [7, 11) is 1.27. The molecular formula is C9H6N2O5. The second-order valence-corrected chi connectivity index (χ2v) is 3.31. The first kappa shape index (κ1) is 10.1. The number of hydrogen-bond acceptors (Lipinski definition) is 5. The van der Waals surface area contributed by atoms with E-state index in [4.69, 9.17) is 0 Å². The summed E-state index contributed by atoms with van der Waals surface area (Å²) in [5.74, 6) is -1.81. The van der Waals surface area contributed by atoms with E-state index >= 15 is 0 Å². The third-order valence-electron chi connectivity index (χ3n) is 2.38.